The monoisotopic (exact) mass is 269 g/mol. The Morgan fingerprint density at radius 1 is 1.26 bits per heavy atom. The maximum atomic E-state index is 13.7. The van der Waals surface area contributed by atoms with Gasteiger partial charge in [-0.05, 0) is 43.0 Å². The summed E-state index contributed by atoms with van der Waals surface area (Å²) in [6, 6.07) is 3.19. The molecule has 1 unspecified atom stereocenters. The summed E-state index contributed by atoms with van der Waals surface area (Å²) in [6.07, 6.45) is 5.42. The van der Waals surface area contributed by atoms with Gasteiger partial charge in [-0.3, -0.25) is 0 Å². The fourth-order valence-electron chi connectivity index (χ4n) is 3.00. The van der Waals surface area contributed by atoms with Gasteiger partial charge in [-0.2, -0.15) is 0 Å². The van der Waals surface area contributed by atoms with E-state index < -0.39 is 17.2 Å². The molecule has 4 heteroatoms. The molecule has 2 rings (SSSR count). The van der Waals surface area contributed by atoms with Crippen molar-refractivity contribution in [3.05, 3.63) is 35.4 Å². The Balaban J connectivity index is 2.14. The van der Waals surface area contributed by atoms with Crippen LogP contribution in [0.25, 0.3) is 0 Å². The highest BCUT2D eigenvalue weighted by molar-refractivity contribution is 5.20. The molecule has 0 heterocycles. The SMILES string of the molecule is COC1(C(N)Cc2cc(F)ccc2F)CCCCC1. The first kappa shape index (κ1) is 14.4. The van der Waals surface area contributed by atoms with Gasteiger partial charge in [0.15, 0.2) is 0 Å². The first-order chi connectivity index (χ1) is 9.07. The van der Waals surface area contributed by atoms with Gasteiger partial charge in [-0.15, -0.1) is 0 Å². The molecule has 0 bridgehead atoms. The van der Waals surface area contributed by atoms with Gasteiger partial charge in [0.1, 0.15) is 11.6 Å². The van der Waals surface area contributed by atoms with Crippen molar-refractivity contribution in [3.63, 3.8) is 0 Å². The van der Waals surface area contributed by atoms with Crippen LogP contribution in [0.4, 0.5) is 8.78 Å². The molecule has 1 aliphatic carbocycles. The fourth-order valence-corrected chi connectivity index (χ4v) is 3.00. The molecule has 106 valence electrons. The Morgan fingerprint density at radius 3 is 2.58 bits per heavy atom. The second kappa shape index (κ2) is 5.97. The maximum absolute atomic E-state index is 13.7. The van der Waals surface area contributed by atoms with E-state index in [0.29, 0.717) is 12.0 Å². The summed E-state index contributed by atoms with van der Waals surface area (Å²) in [7, 11) is 1.66. The molecule has 1 fully saturated rings. The second-order valence-electron chi connectivity index (χ2n) is 5.38. The van der Waals surface area contributed by atoms with E-state index >= 15 is 0 Å². The van der Waals surface area contributed by atoms with Gasteiger partial charge in [0.25, 0.3) is 0 Å². The van der Waals surface area contributed by atoms with E-state index in [1.165, 1.54) is 12.5 Å². The molecule has 19 heavy (non-hydrogen) atoms. The number of hydrogen-bond donors (Lipinski definition) is 1. The lowest BCUT2D eigenvalue weighted by Gasteiger charge is -2.41. The fraction of sp³-hybridized carbons (Fsp3) is 0.600. The third kappa shape index (κ3) is 3.12. The van der Waals surface area contributed by atoms with E-state index in [0.717, 1.165) is 37.8 Å². The molecule has 1 aliphatic rings. The van der Waals surface area contributed by atoms with Crippen LogP contribution in [0.5, 0.6) is 0 Å². The van der Waals surface area contributed by atoms with Crippen molar-refractivity contribution in [1.82, 2.24) is 0 Å². The van der Waals surface area contributed by atoms with Crippen molar-refractivity contribution in [2.75, 3.05) is 7.11 Å². The zero-order valence-corrected chi connectivity index (χ0v) is 11.3. The van der Waals surface area contributed by atoms with Gasteiger partial charge in [0.2, 0.25) is 0 Å². The zero-order valence-electron chi connectivity index (χ0n) is 11.3. The van der Waals surface area contributed by atoms with Crippen LogP contribution in [0.1, 0.15) is 37.7 Å². The number of halogens is 2. The molecule has 1 aromatic carbocycles. The molecule has 0 spiro atoms. The first-order valence-corrected chi connectivity index (χ1v) is 6.82. The Kier molecular flexibility index (Phi) is 4.53. The third-order valence-electron chi connectivity index (χ3n) is 4.23. The number of nitrogens with two attached hydrogens (primary N) is 1. The molecule has 0 radical (unpaired) electrons. The Labute approximate surface area is 112 Å². The predicted molar refractivity (Wildman–Crippen MR) is 70.9 cm³/mol. The van der Waals surface area contributed by atoms with Crippen molar-refractivity contribution < 1.29 is 13.5 Å². The second-order valence-corrected chi connectivity index (χ2v) is 5.38. The average molecular weight is 269 g/mol. The van der Waals surface area contributed by atoms with Gasteiger partial charge < -0.3 is 10.5 Å². The van der Waals surface area contributed by atoms with Crippen LogP contribution in [0.2, 0.25) is 0 Å². The molecule has 2 nitrogen and oxygen atoms in total. The summed E-state index contributed by atoms with van der Waals surface area (Å²) in [5.41, 5.74) is 6.17. The van der Waals surface area contributed by atoms with Crippen LogP contribution < -0.4 is 5.73 Å². The van der Waals surface area contributed by atoms with Gasteiger partial charge in [0.05, 0.1) is 5.60 Å². The van der Waals surface area contributed by atoms with Crippen LogP contribution in [-0.2, 0) is 11.2 Å². The highest BCUT2D eigenvalue weighted by Crippen LogP contribution is 2.34. The smallest absolute Gasteiger partial charge is 0.126 e. The Hall–Kier alpha value is -1.00. The van der Waals surface area contributed by atoms with Crippen LogP contribution >= 0.6 is 0 Å². The first-order valence-electron chi connectivity index (χ1n) is 6.82. The minimum Gasteiger partial charge on any atom is -0.377 e. The van der Waals surface area contributed by atoms with Crippen molar-refractivity contribution in [2.45, 2.75) is 50.2 Å². The van der Waals surface area contributed by atoms with Crippen LogP contribution in [0, 0.1) is 11.6 Å². The zero-order chi connectivity index (χ0) is 13.9. The number of benzene rings is 1. The number of methoxy groups -OCH3 is 1. The number of ether oxygens (including phenoxy) is 1. The lowest BCUT2D eigenvalue weighted by molar-refractivity contribution is -0.0584. The highest BCUT2D eigenvalue weighted by atomic mass is 19.1. The van der Waals surface area contributed by atoms with Crippen LogP contribution in [-0.4, -0.2) is 18.8 Å². The van der Waals surface area contributed by atoms with Gasteiger partial charge in [-0.1, -0.05) is 19.3 Å². The lowest BCUT2D eigenvalue weighted by Crippen LogP contribution is -2.52. The summed E-state index contributed by atoms with van der Waals surface area (Å²) in [4.78, 5) is 0. The minimum atomic E-state index is -0.432. The summed E-state index contributed by atoms with van der Waals surface area (Å²) < 4.78 is 32.5. The molecule has 0 aromatic heterocycles. The molecular weight excluding hydrogens is 248 g/mol. The summed E-state index contributed by atoms with van der Waals surface area (Å²) in [5.74, 6) is -0.836. The largest absolute Gasteiger partial charge is 0.377 e. The molecule has 2 N–H and O–H groups in total. The van der Waals surface area contributed by atoms with Gasteiger partial charge in [-0.25, -0.2) is 8.78 Å². The number of rotatable bonds is 4. The Bertz CT molecular complexity index is 430. The molecular formula is C15H21F2NO. The van der Waals surface area contributed by atoms with E-state index in [2.05, 4.69) is 0 Å². The van der Waals surface area contributed by atoms with Crippen molar-refractivity contribution >= 4 is 0 Å². The Morgan fingerprint density at radius 2 is 1.95 bits per heavy atom. The van der Waals surface area contributed by atoms with Crippen LogP contribution in [0.3, 0.4) is 0 Å². The molecule has 1 atom stereocenters. The van der Waals surface area contributed by atoms with E-state index in [-0.39, 0.29) is 6.04 Å². The van der Waals surface area contributed by atoms with E-state index in [1.54, 1.807) is 7.11 Å². The molecule has 0 aliphatic heterocycles. The topological polar surface area (TPSA) is 35.2 Å². The van der Waals surface area contributed by atoms with Crippen molar-refractivity contribution in [1.29, 1.82) is 0 Å². The van der Waals surface area contributed by atoms with E-state index in [1.807, 2.05) is 0 Å². The van der Waals surface area contributed by atoms with Crippen molar-refractivity contribution in [2.24, 2.45) is 5.73 Å². The maximum Gasteiger partial charge on any atom is 0.126 e. The minimum absolute atomic E-state index is 0.303. The molecule has 0 saturated heterocycles. The molecule has 1 aromatic rings. The van der Waals surface area contributed by atoms with Gasteiger partial charge >= 0.3 is 0 Å². The number of hydrogen-bond acceptors (Lipinski definition) is 2. The lowest BCUT2D eigenvalue weighted by atomic mass is 9.77. The average Bonchev–Trinajstić information content (AvgIpc) is 2.43. The summed E-state index contributed by atoms with van der Waals surface area (Å²) in [6.45, 7) is 0. The molecule has 0 amide bonds. The van der Waals surface area contributed by atoms with E-state index in [9.17, 15) is 8.78 Å². The van der Waals surface area contributed by atoms with E-state index in [4.69, 9.17) is 10.5 Å². The summed E-state index contributed by atoms with van der Waals surface area (Å²) in [5, 5.41) is 0. The van der Waals surface area contributed by atoms with Crippen LogP contribution in [0.15, 0.2) is 18.2 Å². The standard InChI is InChI=1S/C15H21F2NO/c1-19-15(7-3-2-4-8-15)14(18)10-11-9-12(16)5-6-13(11)17/h5-6,9,14H,2-4,7-8,10,18H2,1H3. The van der Waals surface area contributed by atoms with Gasteiger partial charge in [0, 0.05) is 13.2 Å². The third-order valence-corrected chi connectivity index (χ3v) is 4.23. The molecule has 1 saturated carbocycles. The van der Waals surface area contributed by atoms with Crippen molar-refractivity contribution in [3.8, 4) is 0 Å². The normalized spacial score (nSPS) is 20.2. The highest BCUT2D eigenvalue weighted by Gasteiger charge is 2.38. The predicted octanol–water partition coefficient (Wildman–Crippen LogP) is 3.18. The quantitative estimate of drug-likeness (QED) is 0.911. The summed E-state index contributed by atoms with van der Waals surface area (Å²) >= 11 is 0.